The van der Waals surface area contributed by atoms with Gasteiger partial charge in [0.1, 0.15) is 0 Å². The van der Waals surface area contributed by atoms with Crippen molar-refractivity contribution in [3.05, 3.63) is 81.3 Å². The second-order valence-electron chi connectivity index (χ2n) is 7.03. The topological polar surface area (TPSA) is 73.0 Å². The molecule has 4 rings (SSSR count). The van der Waals surface area contributed by atoms with Crippen LogP contribution in [0.2, 0.25) is 0 Å². The number of hydrogen-bond donors (Lipinski definition) is 0. The predicted octanol–water partition coefficient (Wildman–Crippen LogP) is 1.14. The first-order valence-corrected chi connectivity index (χ1v) is 8.95. The van der Waals surface area contributed by atoms with Gasteiger partial charge in [0.2, 0.25) is 5.56 Å². The summed E-state index contributed by atoms with van der Waals surface area (Å²) in [5.41, 5.74) is 2.68. The fraction of sp³-hybridized carbons (Fsp3) is 0.300. The fourth-order valence-electron chi connectivity index (χ4n) is 3.42. The van der Waals surface area contributed by atoms with Gasteiger partial charge in [-0.2, -0.15) is 5.10 Å². The van der Waals surface area contributed by atoms with Gasteiger partial charge >= 0.3 is 0 Å². The van der Waals surface area contributed by atoms with Crippen LogP contribution < -0.4 is 11.1 Å². The van der Waals surface area contributed by atoms with Crippen LogP contribution >= 0.6 is 0 Å². The minimum Gasteiger partial charge on any atom is -0.318 e. The lowest BCUT2D eigenvalue weighted by molar-refractivity contribution is 0.0765. The van der Waals surface area contributed by atoms with Crippen LogP contribution in [0.4, 0.5) is 0 Å². The number of hydrogen-bond acceptors (Lipinski definition) is 5. The van der Waals surface area contributed by atoms with Crippen LogP contribution in [0.5, 0.6) is 0 Å². The third-order valence-electron chi connectivity index (χ3n) is 4.84. The average molecular weight is 363 g/mol. The second-order valence-corrected chi connectivity index (χ2v) is 7.03. The molecule has 0 radical (unpaired) electrons. The molecule has 7 heteroatoms. The summed E-state index contributed by atoms with van der Waals surface area (Å²) in [5, 5.41) is 4.50. The van der Waals surface area contributed by atoms with Crippen LogP contribution in [0.25, 0.3) is 11.3 Å². The van der Waals surface area contributed by atoms with Gasteiger partial charge in [0.05, 0.1) is 12.2 Å². The summed E-state index contributed by atoms with van der Waals surface area (Å²) in [4.78, 5) is 30.0. The summed E-state index contributed by atoms with van der Waals surface area (Å²) < 4.78 is 3.15. The Bertz CT molecular complexity index is 1050. The molecular formula is C20H21N5O2. The summed E-state index contributed by atoms with van der Waals surface area (Å²) >= 11 is 0. The lowest BCUT2D eigenvalue weighted by Crippen LogP contribution is -2.49. The molecule has 0 amide bonds. The first kappa shape index (κ1) is 17.4. The SMILES string of the molecule is Cn1cc(CN2CC(Cn3nc(-c4cccnc4)ccc3=O)C2)ccc1=O. The smallest absolute Gasteiger partial charge is 0.266 e. The van der Waals surface area contributed by atoms with Crippen LogP contribution in [-0.4, -0.2) is 37.3 Å². The summed E-state index contributed by atoms with van der Waals surface area (Å²) in [6.45, 7) is 3.24. The van der Waals surface area contributed by atoms with Gasteiger partial charge in [-0.05, 0) is 23.8 Å². The van der Waals surface area contributed by atoms with Gasteiger partial charge in [0, 0.05) is 68.9 Å². The Kier molecular flexibility index (Phi) is 4.68. The minimum atomic E-state index is -0.0841. The van der Waals surface area contributed by atoms with E-state index in [9.17, 15) is 9.59 Å². The van der Waals surface area contributed by atoms with Crippen LogP contribution in [-0.2, 0) is 20.1 Å². The molecule has 0 spiro atoms. The van der Waals surface area contributed by atoms with Crippen molar-refractivity contribution in [3.63, 3.8) is 0 Å². The zero-order chi connectivity index (χ0) is 18.8. The number of aryl methyl sites for hydroxylation is 1. The molecule has 1 aliphatic rings. The van der Waals surface area contributed by atoms with Crippen molar-refractivity contribution in [2.24, 2.45) is 13.0 Å². The molecule has 4 heterocycles. The Hall–Kier alpha value is -3.06. The largest absolute Gasteiger partial charge is 0.318 e. The third-order valence-corrected chi connectivity index (χ3v) is 4.84. The van der Waals surface area contributed by atoms with E-state index in [2.05, 4.69) is 15.0 Å². The maximum Gasteiger partial charge on any atom is 0.266 e. The first-order valence-electron chi connectivity index (χ1n) is 8.95. The number of rotatable bonds is 5. The van der Waals surface area contributed by atoms with Gasteiger partial charge in [-0.1, -0.05) is 6.07 Å². The maximum absolute atomic E-state index is 12.2. The number of likely N-dealkylation sites (tertiary alicyclic amines) is 1. The molecule has 3 aromatic heterocycles. The molecule has 0 atom stereocenters. The molecule has 3 aromatic rings. The standard InChI is InChI=1S/C20H21N5O2/c1-23-10-15(4-6-19(23)26)11-24-12-16(13-24)14-25-20(27)7-5-18(22-25)17-3-2-8-21-9-17/h2-10,16H,11-14H2,1H3. The predicted molar refractivity (Wildman–Crippen MR) is 102 cm³/mol. The Morgan fingerprint density at radius 2 is 1.89 bits per heavy atom. The van der Waals surface area contributed by atoms with Gasteiger partial charge in [0.25, 0.3) is 5.56 Å². The number of aromatic nitrogens is 4. The van der Waals surface area contributed by atoms with E-state index >= 15 is 0 Å². The molecular weight excluding hydrogens is 342 g/mol. The van der Waals surface area contributed by atoms with E-state index in [-0.39, 0.29) is 11.1 Å². The Morgan fingerprint density at radius 1 is 1.07 bits per heavy atom. The summed E-state index contributed by atoms with van der Waals surface area (Å²) in [5.74, 6) is 0.395. The normalized spacial score (nSPS) is 14.9. The van der Waals surface area contributed by atoms with Crippen molar-refractivity contribution in [2.45, 2.75) is 13.1 Å². The quantitative estimate of drug-likeness (QED) is 0.680. The van der Waals surface area contributed by atoms with Crippen molar-refractivity contribution in [3.8, 4) is 11.3 Å². The number of pyridine rings is 2. The van der Waals surface area contributed by atoms with Gasteiger partial charge in [-0.25, -0.2) is 4.68 Å². The molecule has 138 valence electrons. The van der Waals surface area contributed by atoms with Gasteiger partial charge in [0.15, 0.2) is 0 Å². The van der Waals surface area contributed by atoms with Gasteiger partial charge in [-0.3, -0.25) is 19.5 Å². The zero-order valence-corrected chi connectivity index (χ0v) is 15.2. The van der Waals surface area contributed by atoms with E-state index in [1.807, 2.05) is 24.4 Å². The first-order chi connectivity index (χ1) is 13.1. The van der Waals surface area contributed by atoms with Gasteiger partial charge < -0.3 is 4.57 Å². The molecule has 0 bridgehead atoms. The second kappa shape index (κ2) is 7.28. The van der Waals surface area contributed by atoms with Gasteiger partial charge in [-0.15, -0.1) is 0 Å². The Balaban J connectivity index is 1.39. The molecule has 0 unspecified atom stereocenters. The fourth-order valence-corrected chi connectivity index (χ4v) is 3.42. The Labute approximate surface area is 156 Å². The van der Waals surface area contributed by atoms with Crippen LogP contribution in [0.1, 0.15) is 5.56 Å². The molecule has 0 aliphatic carbocycles. The lowest BCUT2D eigenvalue weighted by atomic mass is 9.99. The summed E-state index contributed by atoms with van der Waals surface area (Å²) in [6.07, 6.45) is 5.33. The minimum absolute atomic E-state index is 0.000756. The van der Waals surface area contributed by atoms with Crippen molar-refractivity contribution in [1.29, 1.82) is 0 Å². The average Bonchev–Trinajstić information content (AvgIpc) is 2.65. The zero-order valence-electron chi connectivity index (χ0n) is 15.2. The number of nitrogens with zero attached hydrogens (tertiary/aromatic N) is 5. The van der Waals surface area contributed by atoms with Crippen molar-refractivity contribution >= 4 is 0 Å². The molecule has 1 fully saturated rings. The van der Waals surface area contributed by atoms with E-state index in [4.69, 9.17) is 0 Å². The summed E-state index contributed by atoms with van der Waals surface area (Å²) in [7, 11) is 1.76. The van der Waals surface area contributed by atoms with E-state index in [0.717, 1.165) is 36.5 Å². The highest BCUT2D eigenvalue weighted by Crippen LogP contribution is 2.20. The lowest BCUT2D eigenvalue weighted by Gasteiger charge is -2.39. The molecule has 0 aromatic carbocycles. The van der Waals surface area contributed by atoms with Crippen LogP contribution in [0, 0.1) is 5.92 Å². The molecule has 0 saturated carbocycles. The van der Waals surface area contributed by atoms with Crippen molar-refractivity contribution in [2.75, 3.05) is 13.1 Å². The molecule has 1 saturated heterocycles. The van der Waals surface area contributed by atoms with E-state index < -0.39 is 0 Å². The molecule has 1 aliphatic heterocycles. The molecule has 27 heavy (non-hydrogen) atoms. The van der Waals surface area contributed by atoms with Crippen LogP contribution in [0.15, 0.2) is 64.6 Å². The maximum atomic E-state index is 12.2. The highest BCUT2D eigenvalue weighted by molar-refractivity contribution is 5.56. The molecule has 0 N–H and O–H groups in total. The van der Waals surface area contributed by atoms with E-state index in [1.165, 1.54) is 0 Å². The molecule has 7 nitrogen and oxygen atoms in total. The van der Waals surface area contributed by atoms with E-state index in [1.54, 1.807) is 46.9 Å². The van der Waals surface area contributed by atoms with Crippen molar-refractivity contribution in [1.82, 2.24) is 24.2 Å². The summed E-state index contributed by atoms with van der Waals surface area (Å²) in [6, 6.07) is 10.6. The third kappa shape index (κ3) is 3.88. The van der Waals surface area contributed by atoms with Crippen LogP contribution in [0.3, 0.4) is 0 Å². The van der Waals surface area contributed by atoms with E-state index in [0.29, 0.717) is 12.5 Å². The highest BCUT2D eigenvalue weighted by Gasteiger charge is 2.27. The van der Waals surface area contributed by atoms with Crippen molar-refractivity contribution < 1.29 is 0 Å². The monoisotopic (exact) mass is 363 g/mol. The Morgan fingerprint density at radius 3 is 2.63 bits per heavy atom. The highest BCUT2D eigenvalue weighted by atomic mass is 16.1.